The lowest BCUT2D eigenvalue weighted by atomic mass is 9.71. The maximum atomic E-state index is 13.6. The number of nitrogens with zero attached hydrogens (tertiary/aromatic N) is 2. The maximum absolute atomic E-state index is 13.6. The molecule has 176 valence electrons. The summed E-state index contributed by atoms with van der Waals surface area (Å²) in [5.74, 6) is 5.44. The molecule has 2 aliphatic rings. The number of hydrogen-bond donors (Lipinski definition) is 3. The molecular weight excluding hydrogens is 440 g/mol. The second-order valence-corrected chi connectivity index (χ2v) is 9.45. The second-order valence-electron chi connectivity index (χ2n) is 9.05. The zero-order chi connectivity index (χ0) is 23.5. The lowest BCUT2D eigenvalue weighted by molar-refractivity contribution is -0.153. The number of fused-ring (bicyclic) bond motifs is 1. The number of piperidine rings is 1. The van der Waals surface area contributed by atoms with Gasteiger partial charge < -0.3 is 20.7 Å². The predicted molar refractivity (Wildman–Crippen MR) is 130 cm³/mol. The highest BCUT2D eigenvalue weighted by Crippen LogP contribution is 2.41. The van der Waals surface area contributed by atoms with Crippen LogP contribution in [-0.2, 0) is 9.59 Å². The van der Waals surface area contributed by atoms with E-state index < -0.39 is 12.0 Å². The van der Waals surface area contributed by atoms with E-state index in [2.05, 4.69) is 0 Å². The maximum Gasteiger partial charge on any atom is 0.306 e. The van der Waals surface area contributed by atoms with Crippen molar-refractivity contribution in [3.63, 3.8) is 0 Å². The van der Waals surface area contributed by atoms with Crippen LogP contribution in [-0.4, -0.2) is 34.5 Å². The quantitative estimate of drug-likeness (QED) is 0.331. The topological polar surface area (TPSA) is 113 Å². The SMILES string of the molecule is Nc1c(Cl)cccc1N(N)C(CC(=O)N1CCC(C(=O)O)C2CCCCC21)c1ccccc1. The molecule has 1 aliphatic heterocycles. The molecule has 4 atom stereocenters. The first kappa shape index (κ1) is 23.4. The largest absolute Gasteiger partial charge is 0.481 e. The van der Waals surface area contributed by atoms with E-state index in [1.807, 2.05) is 35.2 Å². The predicted octanol–water partition coefficient (Wildman–Crippen LogP) is 4.23. The molecule has 7 nitrogen and oxygen atoms in total. The molecule has 0 spiro atoms. The average Bonchev–Trinajstić information content (AvgIpc) is 2.83. The molecule has 2 fully saturated rings. The zero-order valence-corrected chi connectivity index (χ0v) is 19.3. The van der Waals surface area contributed by atoms with Gasteiger partial charge in [-0.2, -0.15) is 0 Å². The number of rotatable bonds is 6. The normalized spacial score (nSPS) is 23.5. The number of halogens is 1. The van der Waals surface area contributed by atoms with Crippen LogP contribution in [0, 0.1) is 11.8 Å². The Bertz CT molecular complexity index is 1000. The van der Waals surface area contributed by atoms with Gasteiger partial charge in [-0.25, -0.2) is 5.84 Å². The van der Waals surface area contributed by atoms with Crippen molar-refractivity contribution < 1.29 is 14.7 Å². The number of para-hydroxylation sites is 1. The Balaban J connectivity index is 1.60. The first-order chi connectivity index (χ1) is 15.9. The van der Waals surface area contributed by atoms with E-state index in [0.717, 1.165) is 31.2 Å². The smallest absolute Gasteiger partial charge is 0.306 e. The number of carboxylic acids is 1. The van der Waals surface area contributed by atoms with Gasteiger partial charge in [0, 0.05) is 12.6 Å². The first-order valence-corrected chi connectivity index (χ1v) is 11.9. The summed E-state index contributed by atoms with van der Waals surface area (Å²) in [6, 6.07) is 14.4. The van der Waals surface area contributed by atoms with Crippen LogP contribution in [0.2, 0.25) is 5.02 Å². The number of likely N-dealkylation sites (tertiary alicyclic amines) is 1. The van der Waals surface area contributed by atoms with Crippen molar-refractivity contribution in [1.82, 2.24) is 4.90 Å². The molecule has 1 amide bonds. The average molecular weight is 471 g/mol. The molecule has 5 N–H and O–H groups in total. The Morgan fingerprint density at radius 2 is 1.82 bits per heavy atom. The van der Waals surface area contributed by atoms with E-state index in [1.54, 1.807) is 18.2 Å². The fraction of sp³-hybridized carbons (Fsp3) is 0.440. The third-order valence-electron chi connectivity index (χ3n) is 7.21. The number of anilines is 2. The number of carboxylic acid groups (broad SMARTS) is 1. The molecule has 2 aromatic carbocycles. The monoisotopic (exact) mass is 470 g/mol. The molecule has 1 heterocycles. The van der Waals surface area contributed by atoms with Crippen LogP contribution in [0.3, 0.4) is 0 Å². The van der Waals surface area contributed by atoms with E-state index in [0.29, 0.717) is 29.4 Å². The number of amides is 1. The van der Waals surface area contributed by atoms with Gasteiger partial charge in [0.1, 0.15) is 0 Å². The van der Waals surface area contributed by atoms with Crippen molar-refractivity contribution in [2.75, 3.05) is 17.3 Å². The molecule has 4 rings (SSSR count). The van der Waals surface area contributed by atoms with Gasteiger partial charge in [-0.3, -0.25) is 9.59 Å². The Morgan fingerprint density at radius 1 is 1.09 bits per heavy atom. The minimum atomic E-state index is -0.745. The van der Waals surface area contributed by atoms with E-state index >= 15 is 0 Å². The molecule has 0 aromatic heterocycles. The van der Waals surface area contributed by atoms with Crippen molar-refractivity contribution in [2.24, 2.45) is 17.7 Å². The van der Waals surface area contributed by atoms with Crippen molar-refractivity contribution in [1.29, 1.82) is 0 Å². The van der Waals surface area contributed by atoms with Crippen LogP contribution < -0.4 is 16.6 Å². The number of carbonyl (C=O) groups is 2. The second kappa shape index (κ2) is 10.0. The van der Waals surface area contributed by atoms with Crippen molar-refractivity contribution in [3.05, 3.63) is 59.1 Å². The minimum absolute atomic E-state index is 0.0133. The van der Waals surface area contributed by atoms with E-state index in [-0.39, 0.29) is 30.2 Å². The third-order valence-corrected chi connectivity index (χ3v) is 7.54. The van der Waals surface area contributed by atoms with Gasteiger partial charge in [-0.15, -0.1) is 0 Å². The molecule has 4 unspecified atom stereocenters. The Labute approximate surface area is 199 Å². The van der Waals surface area contributed by atoms with Gasteiger partial charge in [0.2, 0.25) is 5.91 Å². The van der Waals surface area contributed by atoms with Gasteiger partial charge in [0.05, 0.1) is 34.8 Å². The number of hydrazine groups is 1. The zero-order valence-electron chi connectivity index (χ0n) is 18.6. The lowest BCUT2D eigenvalue weighted by Crippen LogP contribution is -2.55. The Morgan fingerprint density at radius 3 is 2.55 bits per heavy atom. The molecule has 33 heavy (non-hydrogen) atoms. The van der Waals surface area contributed by atoms with Crippen molar-refractivity contribution >= 4 is 34.9 Å². The highest BCUT2D eigenvalue weighted by molar-refractivity contribution is 6.33. The number of hydrogen-bond acceptors (Lipinski definition) is 5. The molecule has 8 heteroatoms. The Hall–Kier alpha value is -2.77. The third kappa shape index (κ3) is 4.80. The van der Waals surface area contributed by atoms with Gasteiger partial charge in [-0.05, 0) is 42.9 Å². The number of aliphatic carboxylic acids is 1. The summed E-state index contributed by atoms with van der Waals surface area (Å²) in [7, 11) is 0. The lowest BCUT2D eigenvalue weighted by Gasteiger charge is -2.47. The summed E-state index contributed by atoms with van der Waals surface area (Å²) >= 11 is 6.22. The van der Waals surface area contributed by atoms with Crippen LogP contribution in [0.1, 0.15) is 50.1 Å². The molecule has 1 aliphatic carbocycles. The molecule has 0 radical (unpaired) electrons. The highest BCUT2D eigenvalue weighted by atomic mass is 35.5. The standard InChI is InChI=1S/C25H31ClN4O3/c26-19-10-6-12-21(24(19)27)30(28)22(16-7-2-1-3-8-16)15-23(31)29-14-13-18(25(32)33)17-9-4-5-11-20(17)29/h1-3,6-8,10,12,17-18,20,22H,4-5,9,11,13-15,27-28H2,(H,32,33). The molecule has 2 aromatic rings. The summed E-state index contributed by atoms with van der Waals surface area (Å²) in [6.45, 7) is 0.461. The molecular formula is C25H31ClN4O3. The first-order valence-electron chi connectivity index (χ1n) is 11.5. The van der Waals surface area contributed by atoms with Gasteiger partial charge in [0.15, 0.2) is 0 Å². The summed E-state index contributed by atoms with van der Waals surface area (Å²) in [6.07, 6.45) is 4.39. The van der Waals surface area contributed by atoms with Gasteiger partial charge in [0.25, 0.3) is 0 Å². The van der Waals surface area contributed by atoms with Crippen LogP contribution in [0.5, 0.6) is 0 Å². The van der Waals surface area contributed by atoms with Crippen molar-refractivity contribution in [2.45, 2.75) is 50.6 Å². The summed E-state index contributed by atoms with van der Waals surface area (Å²) in [4.78, 5) is 27.4. The van der Waals surface area contributed by atoms with E-state index in [1.165, 1.54) is 5.01 Å². The number of nitrogens with two attached hydrogens (primary N) is 2. The van der Waals surface area contributed by atoms with Gasteiger partial charge >= 0.3 is 5.97 Å². The molecule has 0 bridgehead atoms. The van der Waals surface area contributed by atoms with Crippen LogP contribution in [0.4, 0.5) is 11.4 Å². The minimum Gasteiger partial charge on any atom is -0.481 e. The van der Waals surface area contributed by atoms with E-state index in [9.17, 15) is 14.7 Å². The number of benzene rings is 2. The van der Waals surface area contributed by atoms with Crippen LogP contribution >= 0.6 is 11.6 Å². The number of nitrogen functional groups attached to an aromatic ring is 1. The van der Waals surface area contributed by atoms with Crippen LogP contribution in [0.25, 0.3) is 0 Å². The number of carbonyl (C=O) groups excluding carboxylic acids is 1. The van der Waals surface area contributed by atoms with Gasteiger partial charge in [-0.1, -0.05) is 60.8 Å². The summed E-state index contributed by atoms with van der Waals surface area (Å²) in [5, 5.41) is 11.6. The van der Waals surface area contributed by atoms with Crippen LogP contribution in [0.15, 0.2) is 48.5 Å². The van der Waals surface area contributed by atoms with E-state index in [4.69, 9.17) is 23.2 Å². The highest BCUT2D eigenvalue weighted by Gasteiger charge is 2.44. The Kier molecular flexibility index (Phi) is 7.10. The molecule has 1 saturated carbocycles. The fourth-order valence-electron chi connectivity index (χ4n) is 5.52. The van der Waals surface area contributed by atoms with Crippen molar-refractivity contribution in [3.8, 4) is 0 Å². The fourth-order valence-corrected chi connectivity index (χ4v) is 5.69. The summed E-state index contributed by atoms with van der Waals surface area (Å²) < 4.78 is 0. The molecule has 1 saturated heterocycles. The summed E-state index contributed by atoms with van der Waals surface area (Å²) in [5.41, 5.74) is 8.02.